The van der Waals surface area contributed by atoms with Gasteiger partial charge in [-0.2, -0.15) is 0 Å². The lowest BCUT2D eigenvalue weighted by atomic mass is 10.1. The number of hydrogen-bond acceptors (Lipinski definition) is 4. The predicted octanol–water partition coefficient (Wildman–Crippen LogP) is 2.84. The quantitative estimate of drug-likeness (QED) is 0.422. The first-order valence-electron chi connectivity index (χ1n) is 8.43. The standard InChI is InChI=1S/C21H19N3O2S/c1-4-9-22-19(25)13-27-21-23-18-8-6-5-7-17(18)20(26)24(21)16-11-14(2)10-15(3)12-16/h1,5-8,10-12H,9,13H2,2-3H3,(H,22,25). The number of carbonyl (C=O) groups excluding carboxylic acids is 1. The van der Waals surface area contributed by atoms with Crippen molar-refractivity contribution >= 4 is 28.6 Å². The summed E-state index contributed by atoms with van der Waals surface area (Å²) < 4.78 is 1.57. The van der Waals surface area contributed by atoms with Crippen molar-refractivity contribution in [2.24, 2.45) is 0 Å². The van der Waals surface area contributed by atoms with E-state index in [0.29, 0.717) is 16.1 Å². The van der Waals surface area contributed by atoms with Crippen LogP contribution in [0.3, 0.4) is 0 Å². The summed E-state index contributed by atoms with van der Waals surface area (Å²) in [6, 6.07) is 13.1. The average Bonchev–Trinajstić information content (AvgIpc) is 2.64. The number of rotatable bonds is 5. The maximum Gasteiger partial charge on any atom is 0.266 e. The van der Waals surface area contributed by atoms with Crippen LogP contribution in [0.2, 0.25) is 0 Å². The maximum atomic E-state index is 13.2. The number of para-hydroxylation sites is 1. The highest BCUT2D eigenvalue weighted by Crippen LogP contribution is 2.22. The van der Waals surface area contributed by atoms with Crippen molar-refractivity contribution in [3.8, 4) is 18.0 Å². The van der Waals surface area contributed by atoms with Crippen LogP contribution < -0.4 is 10.9 Å². The lowest BCUT2D eigenvalue weighted by Crippen LogP contribution is -2.26. The molecule has 0 aliphatic rings. The van der Waals surface area contributed by atoms with E-state index in [4.69, 9.17) is 6.42 Å². The van der Waals surface area contributed by atoms with Crippen LogP contribution in [-0.2, 0) is 4.79 Å². The highest BCUT2D eigenvalue weighted by molar-refractivity contribution is 7.99. The maximum absolute atomic E-state index is 13.2. The summed E-state index contributed by atoms with van der Waals surface area (Å²) in [5.74, 6) is 2.29. The number of hydrogen-bond donors (Lipinski definition) is 1. The largest absolute Gasteiger partial charge is 0.344 e. The number of thioether (sulfide) groups is 1. The smallest absolute Gasteiger partial charge is 0.266 e. The first-order valence-corrected chi connectivity index (χ1v) is 9.41. The fraction of sp³-hybridized carbons (Fsp3) is 0.190. The molecule has 0 aliphatic heterocycles. The summed E-state index contributed by atoms with van der Waals surface area (Å²) in [5, 5.41) is 3.63. The summed E-state index contributed by atoms with van der Waals surface area (Å²) >= 11 is 1.21. The minimum absolute atomic E-state index is 0.122. The molecule has 0 saturated carbocycles. The van der Waals surface area contributed by atoms with Gasteiger partial charge < -0.3 is 5.32 Å². The molecule has 0 bridgehead atoms. The van der Waals surface area contributed by atoms with Crippen LogP contribution in [0.15, 0.2) is 52.4 Å². The van der Waals surface area contributed by atoms with Crippen molar-refractivity contribution in [3.05, 3.63) is 63.9 Å². The van der Waals surface area contributed by atoms with E-state index >= 15 is 0 Å². The molecule has 136 valence electrons. The lowest BCUT2D eigenvalue weighted by molar-refractivity contribution is -0.118. The molecule has 0 radical (unpaired) electrons. The highest BCUT2D eigenvalue weighted by atomic mass is 32.2. The van der Waals surface area contributed by atoms with Crippen LogP contribution in [0, 0.1) is 26.2 Å². The molecular weight excluding hydrogens is 358 g/mol. The average molecular weight is 377 g/mol. The Morgan fingerprint density at radius 1 is 1.22 bits per heavy atom. The first-order chi connectivity index (χ1) is 13.0. The van der Waals surface area contributed by atoms with E-state index in [0.717, 1.165) is 16.8 Å². The fourth-order valence-electron chi connectivity index (χ4n) is 2.85. The molecule has 3 aromatic rings. The van der Waals surface area contributed by atoms with Gasteiger partial charge in [0.05, 0.1) is 28.9 Å². The van der Waals surface area contributed by atoms with Gasteiger partial charge in [0.25, 0.3) is 5.56 Å². The number of aryl methyl sites for hydroxylation is 2. The van der Waals surface area contributed by atoms with Crippen molar-refractivity contribution in [1.29, 1.82) is 0 Å². The van der Waals surface area contributed by atoms with E-state index < -0.39 is 0 Å². The van der Waals surface area contributed by atoms with Gasteiger partial charge in [0.2, 0.25) is 5.91 Å². The Morgan fingerprint density at radius 3 is 2.63 bits per heavy atom. The Balaban J connectivity index is 2.11. The molecule has 0 spiro atoms. The zero-order valence-corrected chi connectivity index (χ0v) is 16.0. The zero-order chi connectivity index (χ0) is 19.4. The lowest BCUT2D eigenvalue weighted by Gasteiger charge is -2.14. The number of terminal acetylenes is 1. The molecular formula is C21H19N3O2S. The number of aromatic nitrogens is 2. The highest BCUT2D eigenvalue weighted by Gasteiger charge is 2.15. The van der Waals surface area contributed by atoms with Gasteiger partial charge in [-0.1, -0.05) is 35.9 Å². The second-order valence-corrected chi connectivity index (χ2v) is 7.11. The molecule has 5 nitrogen and oxygen atoms in total. The van der Waals surface area contributed by atoms with Crippen molar-refractivity contribution < 1.29 is 4.79 Å². The Hall–Kier alpha value is -3.04. The topological polar surface area (TPSA) is 64.0 Å². The summed E-state index contributed by atoms with van der Waals surface area (Å²) in [7, 11) is 0. The molecule has 3 rings (SSSR count). The van der Waals surface area contributed by atoms with Gasteiger partial charge in [0.15, 0.2) is 5.16 Å². The third kappa shape index (κ3) is 4.21. The van der Waals surface area contributed by atoms with E-state index in [9.17, 15) is 9.59 Å². The van der Waals surface area contributed by atoms with E-state index in [-0.39, 0.29) is 23.8 Å². The molecule has 0 aliphatic carbocycles. The van der Waals surface area contributed by atoms with Gasteiger partial charge in [0, 0.05) is 0 Å². The van der Waals surface area contributed by atoms with Gasteiger partial charge in [-0.25, -0.2) is 4.98 Å². The van der Waals surface area contributed by atoms with Crippen LogP contribution in [0.25, 0.3) is 16.6 Å². The summed E-state index contributed by atoms with van der Waals surface area (Å²) in [6.45, 7) is 4.14. The van der Waals surface area contributed by atoms with Gasteiger partial charge in [-0.15, -0.1) is 6.42 Å². The van der Waals surface area contributed by atoms with Crippen LogP contribution in [0.4, 0.5) is 0 Å². The molecule has 1 N–H and O–H groups in total. The SMILES string of the molecule is C#CCNC(=O)CSc1nc2ccccc2c(=O)n1-c1cc(C)cc(C)c1. The molecule has 0 atom stereocenters. The zero-order valence-electron chi connectivity index (χ0n) is 15.2. The van der Waals surface area contributed by atoms with Crippen molar-refractivity contribution in [2.45, 2.75) is 19.0 Å². The molecule has 0 saturated heterocycles. The number of fused-ring (bicyclic) bond motifs is 1. The van der Waals surface area contributed by atoms with E-state index in [1.54, 1.807) is 16.7 Å². The minimum atomic E-state index is -0.202. The summed E-state index contributed by atoms with van der Waals surface area (Å²) in [5.41, 5.74) is 3.29. The van der Waals surface area contributed by atoms with Gasteiger partial charge in [-0.3, -0.25) is 14.2 Å². The van der Waals surface area contributed by atoms with Crippen molar-refractivity contribution in [3.63, 3.8) is 0 Å². The van der Waals surface area contributed by atoms with E-state index in [1.807, 2.05) is 44.2 Å². The molecule has 0 unspecified atom stereocenters. The molecule has 1 heterocycles. The Kier molecular flexibility index (Phi) is 5.63. The molecule has 1 amide bonds. The number of nitrogens with one attached hydrogen (secondary N) is 1. The third-order valence-corrected chi connectivity index (χ3v) is 4.87. The van der Waals surface area contributed by atoms with Gasteiger partial charge in [0.1, 0.15) is 0 Å². The van der Waals surface area contributed by atoms with Gasteiger partial charge >= 0.3 is 0 Å². The predicted molar refractivity (Wildman–Crippen MR) is 109 cm³/mol. The molecule has 6 heteroatoms. The van der Waals surface area contributed by atoms with Crippen LogP contribution in [-0.4, -0.2) is 27.8 Å². The van der Waals surface area contributed by atoms with Crippen LogP contribution in [0.5, 0.6) is 0 Å². The molecule has 0 fully saturated rings. The molecule has 1 aromatic heterocycles. The Morgan fingerprint density at radius 2 is 1.93 bits per heavy atom. The third-order valence-electron chi connectivity index (χ3n) is 3.93. The second kappa shape index (κ2) is 8.11. The van der Waals surface area contributed by atoms with Crippen molar-refractivity contribution in [2.75, 3.05) is 12.3 Å². The summed E-state index contributed by atoms with van der Waals surface area (Å²) in [4.78, 5) is 29.7. The Labute approximate surface area is 161 Å². The molecule has 2 aromatic carbocycles. The second-order valence-electron chi connectivity index (χ2n) is 6.17. The monoisotopic (exact) mass is 377 g/mol. The van der Waals surface area contributed by atoms with Crippen LogP contribution in [0.1, 0.15) is 11.1 Å². The normalized spacial score (nSPS) is 10.6. The number of benzene rings is 2. The van der Waals surface area contributed by atoms with Crippen molar-refractivity contribution in [1.82, 2.24) is 14.9 Å². The number of amides is 1. The van der Waals surface area contributed by atoms with Crippen LogP contribution >= 0.6 is 11.8 Å². The Bertz CT molecular complexity index is 1090. The van der Waals surface area contributed by atoms with Gasteiger partial charge in [-0.05, 0) is 49.2 Å². The van der Waals surface area contributed by atoms with E-state index in [2.05, 4.69) is 16.2 Å². The number of carbonyl (C=O) groups is 1. The molecule has 27 heavy (non-hydrogen) atoms. The first kappa shape index (κ1) is 18.7. The summed E-state index contributed by atoms with van der Waals surface area (Å²) in [6.07, 6.45) is 5.17. The fourth-order valence-corrected chi connectivity index (χ4v) is 3.69. The minimum Gasteiger partial charge on any atom is -0.344 e. The van der Waals surface area contributed by atoms with E-state index in [1.165, 1.54) is 11.8 Å². The number of nitrogens with zero attached hydrogens (tertiary/aromatic N) is 2.